The Morgan fingerprint density at radius 2 is 0.967 bits per heavy atom. The fourth-order valence-corrected chi connectivity index (χ4v) is 6.41. The summed E-state index contributed by atoms with van der Waals surface area (Å²) < 4.78 is 17.5. The zero-order chi connectivity index (χ0) is 42.2. The predicted octanol–water partition coefficient (Wildman–Crippen LogP) is 5.95. The van der Waals surface area contributed by atoms with E-state index >= 15 is 0 Å². The Morgan fingerprint density at radius 3 is 1.32 bits per heavy atom. The van der Waals surface area contributed by atoms with Gasteiger partial charge in [-0.05, 0) is 37.1 Å². The molecule has 6 aromatic heterocycles. The van der Waals surface area contributed by atoms with Crippen molar-refractivity contribution in [3.63, 3.8) is 0 Å². The highest BCUT2D eigenvalue weighted by Crippen LogP contribution is 2.27. The number of nitrogens with zero attached hydrogens (tertiary/aromatic N) is 12. The lowest BCUT2D eigenvalue weighted by molar-refractivity contribution is 0.337. The molecular weight excluding hydrogens is 761 g/mol. The van der Waals surface area contributed by atoms with Crippen LogP contribution in [-0.4, -0.2) is 72.3 Å². The summed E-state index contributed by atoms with van der Waals surface area (Å²) >= 11 is 0. The first-order valence-electron chi connectivity index (χ1n) is 19.4. The second kappa shape index (κ2) is 18.3. The summed E-state index contributed by atoms with van der Waals surface area (Å²) in [6, 6.07) is 18.8. The van der Waals surface area contributed by atoms with Gasteiger partial charge < -0.3 is 9.47 Å². The number of ether oxygens (including phenoxy) is 2. The highest BCUT2D eigenvalue weighted by Gasteiger charge is 2.18. The standard InChI is InChI=1S/2C22H22N6O2/c2*1-4-30-19-12-23-22(24-13-19)17-7-5-6-16(10-17)15(2)21-20(29)8-9-28(26-21)18-11-25-27(3)14-18/h2*5-15H,4H2,1-3H3. The monoisotopic (exact) mass is 804 g/mol. The summed E-state index contributed by atoms with van der Waals surface area (Å²) in [4.78, 5) is 42.6. The summed E-state index contributed by atoms with van der Waals surface area (Å²) in [6.07, 6.45) is 17.0. The second-order valence-corrected chi connectivity index (χ2v) is 13.8. The Bertz CT molecular complexity index is 2620. The normalized spacial score (nSPS) is 12.0. The van der Waals surface area contributed by atoms with Crippen LogP contribution in [-0.2, 0) is 14.1 Å². The molecule has 0 aliphatic heterocycles. The van der Waals surface area contributed by atoms with Crippen LogP contribution in [0.1, 0.15) is 62.0 Å². The number of benzene rings is 2. The van der Waals surface area contributed by atoms with Crippen molar-refractivity contribution in [1.82, 2.24) is 59.1 Å². The lowest BCUT2D eigenvalue weighted by Gasteiger charge is -2.13. The van der Waals surface area contributed by atoms with E-state index in [9.17, 15) is 9.59 Å². The molecule has 2 aromatic carbocycles. The van der Waals surface area contributed by atoms with E-state index in [1.807, 2.05) is 103 Å². The largest absolute Gasteiger partial charge is 0.491 e. The number of rotatable bonds is 12. The van der Waals surface area contributed by atoms with Crippen LogP contribution in [0.25, 0.3) is 34.2 Å². The van der Waals surface area contributed by atoms with Crippen LogP contribution in [0.2, 0.25) is 0 Å². The van der Waals surface area contributed by atoms with Crippen molar-refractivity contribution in [2.75, 3.05) is 13.2 Å². The smallest absolute Gasteiger partial charge is 0.203 e. The molecule has 0 aliphatic rings. The highest BCUT2D eigenvalue weighted by molar-refractivity contribution is 5.58. The minimum absolute atomic E-state index is 0.106. The van der Waals surface area contributed by atoms with Crippen LogP contribution in [0, 0.1) is 0 Å². The van der Waals surface area contributed by atoms with Crippen LogP contribution < -0.4 is 20.3 Å². The fourth-order valence-electron chi connectivity index (χ4n) is 6.41. The van der Waals surface area contributed by atoms with Gasteiger partial charge in [0, 0.05) is 61.6 Å². The van der Waals surface area contributed by atoms with Gasteiger partial charge in [0.15, 0.2) is 23.1 Å². The van der Waals surface area contributed by atoms with Gasteiger partial charge in [-0.2, -0.15) is 20.4 Å². The van der Waals surface area contributed by atoms with Crippen molar-refractivity contribution in [3.8, 4) is 45.6 Å². The van der Waals surface area contributed by atoms with E-state index in [2.05, 4.69) is 40.3 Å². The zero-order valence-corrected chi connectivity index (χ0v) is 34.1. The highest BCUT2D eigenvalue weighted by atomic mass is 16.5. The van der Waals surface area contributed by atoms with Gasteiger partial charge in [0.1, 0.15) is 22.8 Å². The third kappa shape index (κ3) is 9.39. The molecule has 0 amide bonds. The van der Waals surface area contributed by atoms with Gasteiger partial charge in [-0.3, -0.25) is 19.0 Å². The average Bonchev–Trinajstić information content (AvgIpc) is 3.92. The first kappa shape index (κ1) is 40.6. The molecule has 0 aliphatic carbocycles. The van der Waals surface area contributed by atoms with Crippen molar-refractivity contribution in [2.24, 2.45) is 14.1 Å². The lowest BCUT2D eigenvalue weighted by Crippen LogP contribution is -2.18. The minimum atomic E-state index is -0.204. The summed E-state index contributed by atoms with van der Waals surface area (Å²) in [5.74, 6) is 2.06. The number of hydrogen-bond donors (Lipinski definition) is 0. The van der Waals surface area contributed by atoms with E-state index in [1.54, 1.807) is 68.3 Å². The summed E-state index contributed by atoms with van der Waals surface area (Å²) in [6.45, 7) is 8.90. The molecule has 0 radical (unpaired) electrons. The maximum absolute atomic E-state index is 12.5. The molecule has 0 spiro atoms. The molecule has 16 heteroatoms. The number of hydrogen-bond acceptors (Lipinski definition) is 12. The third-order valence-corrected chi connectivity index (χ3v) is 9.57. The predicted molar refractivity (Wildman–Crippen MR) is 226 cm³/mol. The second-order valence-electron chi connectivity index (χ2n) is 13.8. The molecule has 6 heterocycles. The average molecular weight is 805 g/mol. The van der Waals surface area contributed by atoms with Crippen LogP contribution >= 0.6 is 0 Å². The third-order valence-electron chi connectivity index (χ3n) is 9.57. The Hall–Kier alpha value is -7.62. The van der Waals surface area contributed by atoms with Crippen LogP contribution in [0.15, 0.2) is 132 Å². The minimum Gasteiger partial charge on any atom is -0.491 e. The topological polar surface area (TPSA) is 175 Å². The molecule has 8 aromatic rings. The van der Waals surface area contributed by atoms with Gasteiger partial charge in [-0.25, -0.2) is 29.3 Å². The fraction of sp³-hybridized carbons (Fsp3) is 0.227. The maximum atomic E-state index is 12.5. The first-order valence-corrected chi connectivity index (χ1v) is 19.4. The number of aromatic nitrogens is 12. The molecule has 0 saturated heterocycles. The van der Waals surface area contributed by atoms with Gasteiger partial charge in [0.2, 0.25) is 10.9 Å². The molecule has 304 valence electrons. The lowest BCUT2D eigenvalue weighted by atomic mass is 9.95. The van der Waals surface area contributed by atoms with Crippen molar-refractivity contribution >= 4 is 0 Å². The zero-order valence-electron chi connectivity index (χ0n) is 34.1. The summed E-state index contributed by atoms with van der Waals surface area (Å²) in [7, 11) is 3.67. The van der Waals surface area contributed by atoms with Crippen LogP contribution in [0.4, 0.5) is 0 Å². The van der Waals surface area contributed by atoms with Gasteiger partial charge in [0.05, 0.1) is 62.8 Å². The van der Waals surface area contributed by atoms with Crippen LogP contribution in [0.5, 0.6) is 11.5 Å². The molecule has 2 unspecified atom stereocenters. The Balaban J connectivity index is 0.000000181. The van der Waals surface area contributed by atoms with E-state index in [0.29, 0.717) is 47.7 Å². The van der Waals surface area contributed by atoms with E-state index in [0.717, 1.165) is 33.6 Å². The van der Waals surface area contributed by atoms with E-state index in [4.69, 9.17) is 9.47 Å². The molecular formula is C44H44N12O4. The Kier molecular flexibility index (Phi) is 12.4. The molecule has 0 fully saturated rings. The van der Waals surface area contributed by atoms with Crippen molar-refractivity contribution in [3.05, 3.63) is 166 Å². The maximum Gasteiger partial charge on any atom is 0.203 e. The van der Waals surface area contributed by atoms with E-state index < -0.39 is 0 Å². The number of aryl methyl sites for hydroxylation is 2. The van der Waals surface area contributed by atoms with Gasteiger partial charge in [-0.15, -0.1) is 0 Å². The molecule has 16 nitrogen and oxygen atoms in total. The molecule has 60 heavy (non-hydrogen) atoms. The molecule has 0 saturated carbocycles. The molecule has 0 bridgehead atoms. The Labute approximate surface area is 345 Å². The van der Waals surface area contributed by atoms with E-state index in [1.165, 1.54) is 12.1 Å². The van der Waals surface area contributed by atoms with Crippen molar-refractivity contribution in [2.45, 2.75) is 39.5 Å². The summed E-state index contributed by atoms with van der Waals surface area (Å²) in [5.41, 5.74) is 5.95. The molecule has 0 N–H and O–H groups in total. The molecule has 2 atom stereocenters. The van der Waals surface area contributed by atoms with Crippen LogP contribution in [0.3, 0.4) is 0 Å². The van der Waals surface area contributed by atoms with Gasteiger partial charge >= 0.3 is 0 Å². The first-order chi connectivity index (χ1) is 29.1. The molecule has 8 rings (SSSR count). The van der Waals surface area contributed by atoms with E-state index in [-0.39, 0.29) is 22.7 Å². The quantitative estimate of drug-likeness (QED) is 0.142. The van der Waals surface area contributed by atoms with Crippen molar-refractivity contribution in [1.29, 1.82) is 0 Å². The van der Waals surface area contributed by atoms with Crippen molar-refractivity contribution < 1.29 is 9.47 Å². The SMILES string of the molecule is CCOc1cnc(-c2cccc(C(C)c3nn(-c4cnn(C)c4)ccc3=O)c2)nc1.CCOc1cnc(-c2cccc(C(C)c3nn(-c4cnn(C)c4)ccc3=O)c2)nc1. The van der Waals surface area contributed by atoms with Gasteiger partial charge in [0.25, 0.3) is 0 Å². The Morgan fingerprint density at radius 1 is 0.567 bits per heavy atom. The van der Waals surface area contributed by atoms with Gasteiger partial charge in [-0.1, -0.05) is 50.2 Å². The summed E-state index contributed by atoms with van der Waals surface area (Å²) in [5, 5.41) is 17.5.